The lowest BCUT2D eigenvalue weighted by molar-refractivity contribution is -0.138. The van der Waals surface area contributed by atoms with Crippen LogP contribution in [-0.4, -0.2) is 34.6 Å². The number of fused-ring (bicyclic) bond motifs is 1. The van der Waals surface area contributed by atoms with E-state index in [2.05, 4.69) is 21.2 Å². The summed E-state index contributed by atoms with van der Waals surface area (Å²) < 4.78 is 40.3. The molecule has 1 atom stereocenters. The summed E-state index contributed by atoms with van der Waals surface area (Å²) in [5.74, 6) is -0.818. The topological polar surface area (TPSA) is 76.4 Å². The maximum absolute atomic E-state index is 13.1. The zero-order valence-corrected chi connectivity index (χ0v) is 17.6. The molecule has 0 saturated carbocycles. The van der Waals surface area contributed by atoms with Gasteiger partial charge in [-0.15, -0.1) is 0 Å². The fourth-order valence-corrected chi connectivity index (χ4v) is 3.85. The van der Waals surface area contributed by atoms with E-state index >= 15 is 0 Å². The van der Waals surface area contributed by atoms with Gasteiger partial charge in [-0.3, -0.25) is 9.69 Å². The molecule has 0 aromatic heterocycles. The fraction of sp³-hybridized carbons (Fsp3) is 0.333. The van der Waals surface area contributed by atoms with Crippen LogP contribution in [0.4, 0.5) is 18.9 Å². The van der Waals surface area contributed by atoms with E-state index in [1.165, 1.54) is 24.6 Å². The fourth-order valence-electron chi connectivity index (χ4n) is 3.44. The van der Waals surface area contributed by atoms with Crippen molar-refractivity contribution in [2.24, 2.45) is 0 Å². The summed E-state index contributed by atoms with van der Waals surface area (Å²) in [6.07, 6.45) is -3.97. The molecule has 2 N–H and O–H groups in total. The van der Waals surface area contributed by atoms with E-state index < -0.39 is 28.8 Å². The third-order valence-corrected chi connectivity index (χ3v) is 5.48. The standard InChI is InChI=1S/C21H19BrF3N3O2/c1-20(30,12-28-7-6-13-8-16(22)4-2-15(13)11-28)19(29)27-17-5-3-14(10-26)18(9-17)21(23,24)25/h2-5,8-9,30H,6-7,11-12H2,1H3,(H,27,29)/t20-/m0/s1. The van der Waals surface area contributed by atoms with E-state index in [1.54, 1.807) is 0 Å². The molecule has 0 bridgehead atoms. The molecule has 3 rings (SSSR count). The Morgan fingerprint density at radius 1 is 1.27 bits per heavy atom. The second-order valence-electron chi connectivity index (χ2n) is 7.47. The van der Waals surface area contributed by atoms with Crippen LogP contribution in [0.5, 0.6) is 0 Å². The van der Waals surface area contributed by atoms with E-state index in [1.807, 2.05) is 23.1 Å². The van der Waals surface area contributed by atoms with E-state index in [0.29, 0.717) is 19.2 Å². The van der Waals surface area contributed by atoms with E-state index in [4.69, 9.17) is 5.26 Å². The van der Waals surface area contributed by atoms with E-state index in [0.717, 1.165) is 22.5 Å². The van der Waals surface area contributed by atoms with Crippen molar-refractivity contribution in [3.63, 3.8) is 0 Å². The summed E-state index contributed by atoms with van der Waals surface area (Å²) in [6.45, 7) is 2.55. The number of amides is 1. The molecule has 30 heavy (non-hydrogen) atoms. The molecule has 1 heterocycles. The van der Waals surface area contributed by atoms with Crippen LogP contribution in [0.25, 0.3) is 0 Å². The van der Waals surface area contributed by atoms with Gasteiger partial charge in [-0.2, -0.15) is 18.4 Å². The van der Waals surface area contributed by atoms with Crippen molar-refractivity contribution >= 4 is 27.5 Å². The summed E-state index contributed by atoms with van der Waals surface area (Å²) in [7, 11) is 0. The maximum atomic E-state index is 13.1. The van der Waals surface area contributed by atoms with Crippen molar-refractivity contribution in [3.8, 4) is 6.07 Å². The lowest BCUT2D eigenvalue weighted by Crippen LogP contribution is -2.50. The van der Waals surface area contributed by atoms with Crippen molar-refractivity contribution in [1.82, 2.24) is 4.90 Å². The molecular formula is C21H19BrF3N3O2. The number of benzene rings is 2. The average molecular weight is 482 g/mol. The Morgan fingerprint density at radius 2 is 2.00 bits per heavy atom. The number of hydrogen-bond donors (Lipinski definition) is 2. The molecule has 0 aliphatic carbocycles. The Morgan fingerprint density at radius 3 is 2.67 bits per heavy atom. The summed E-state index contributed by atoms with van der Waals surface area (Å²) in [4.78, 5) is 14.5. The first-order chi connectivity index (χ1) is 14.0. The smallest absolute Gasteiger partial charge is 0.379 e. The third-order valence-electron chi connectivity index (χ3n) is 4.98. The number of hydrogen-bond acceptors (Lipinski definition) is 4. The van der Waals surface area contributed by atoms with E-state index in [-0.39, 0.29) is 12.2 Å². The van der Waals surface area contributed by atoms with Gasteiger partial charge in [0.2, 0.25) is 0 Å². The first-order valence-electron chi connectivity index (χ1n) is 9.14. The van der Waals surface area contributed by atoms with Gasteiger partial charge >= 0.3 is 6.18 Å². The molecule has 1 aliphatic rings. The van der Waals surface area contributed by atoms with Crippen LogP contribution in [0.3, 0.4) is 0 Å². The minimum Gasteiger partial charge on any atom is -0.379 e. The van der Waals surface area contributed by atoms with Gasteiger partial charge in [-0.05, 0) is 54.8 Å². The zero-order valence-electron chi connectivity index (χ0n) is 16.1. The molecule has 9 heteroatoms. The van der Waals surface area contributed by atoms with Crippen LogP contribution >= 0.6 is 15.9 Å². The highest BCUT2D eigenvalue weighted by Crippen LogP contribution is 2.33. The number of nitriles is 1. The maximum Gasteiger partial charge on any atom is 0.417 e. The van der Waals surface area contributed by atoms with Crippen LogP contribution < -0.4 is 5.32 Å². The van der Waals surface area contributed by atoms with Gasteiger partial charge in [0.05, 0.1) is 17.2 Å². The first-order valence-corrected chi connectivity index (χ1v) is 9.94. The second-order valence-corrected chi connectivity index (χ2v) is 8.39. The normalized spacial score (nSPS) is 16.3. The van der Waals surface area contributed by atoms with Crippen LogP contribution in [0.1, 0.15) is 29.2 Å². The Bertz CT molecular complexity index is 1020. The van der Waals surface area contributed by atoms with Gasteiger partial charge in [0, 0.05) is 29.8 Å². The molecular weight excluding hydrogens is 463 g/mol. The number of rotatable bonds is 4. The van der Waals surface area contributed by atoms with Crippen LogP contribution in [0.2, 0.25) is 0 Å². The Kier molecular flexibility index (Phi) is 6.22. The number of anilines is 1. The van der Waals surface area contributed by atoms with Crippen molar-refractivity contribution in [1.29, 1.82) is 5.26 Å². The zero-order chi connectivity index (χ0) is 22.1. The van der Waals surface area contributed by atoms with Gasteiger partial charge in [0.15, 0.2) is 5.60 Å². The monoisotopic (exact) mass is 481 g/mol. The first kappa shape index (κ1) is 22.3. The van der Waals surface area contributed by atoms with Crippen LogP contribution in [-0.2, 0) is 23.9 Å². The number of nitrogens with zero attached hydrogens (tertiary/aromatic N) is 2. The van der Waals surface area contributed by atoms with Gasteiger partial charge in [-0.1, -0.05) is 22.0 Å². The third kappa shape index (κ3) is 5.01. The lowest BCUT2D eigenvalue weighted by atomic mass is 9.97. The molecule has 0 radical (unpaired) electrons. The van der Waals surface area contributed by atoms with Crippen LogP contribution in [0.15, 0.2) is 40.9 Å². The van der Waals surface area contributed by atoms with Gasteiger partial charge in [0.1, 0.15) is 0 Å². The number of carbonyl (C=O) groups excluding carboxylic acids is 1. The molecule has 1 amide bonds. The number of halogens is 4. The lowest BCUT2D eigenvalue weighted by Gasteiger charge is -2.34. The number of carbonyl (C=O) groups is 1. The van der Waals surface area contributed by atoms with Crippen molar-refractivity contribution < 1.29 is 23.1 Å². The highest BCUT2D eigenvalue weighted by Gasteiger charge is 2.36. The Balaban J connectivity index is 1.71. The Hall–Kier alpha value is -2.41. The summed E-state index contributed by atoms with van der Waals surface area (Å²) in [5.41, 5.74) is -1.34. The van der Waals surface area contributed by atoms with Crippen molar-refractivity contribution in [2.75, 3.05) is 18.4 Å². The highest BCUT2D eigenvalue weighted by atomic mass is 79.9. The summed E-state index contributed by atoms with van der Waals surface area (Å²) >= 11 is 3.44. The predicted octanol–water partition coefficient (Wildman–Crippen LogP) is 4.09. The Labute approximate surface area is 180 Å². The quantitative estimate of drug-likeness (QED) is 0.689. The molecule has 0 saturated heterocycles. The number of β-amino-alcohol motifs (C(OH)–C–C–N with tert-alkyl or cyclic N) is 1. The summed E-state index contributed by atoms with van der Waals surface area (Å²) in [6, 6.07) is 10.3. The highest BCUT2D eigenvalue weighted by molar-refractivity contribution is 9.10. The molecule has 0 unspecified atom stereocenters. The van der Waals surface area contributed by atoms with Crippen molar-refractivity contribution in [3.05, 3.63) is 63.1 Å². The van der Waals surface area contributed by atoms with Gasteiger partial charge in [0.25, 0.3) is 5.91 Å². The van der Waals surface area contributed by atoms with Crippen LogP contribution in [0, 0.1) is 11.3 Å². The minimum atomic E-state index is -4.73. The van der Waals surface area contributed by atoms with Crippen molar-refractivity contribution in [2.45, 2.75) is 31.7 Å². The number of alkyl halides is 3. The number of aliphatic hydroxyl groups is 1. The predicted molar refractivity (Wildman–Crippen MR) is 109 cm³/mol. The van der Waals surface area contributed by atoms with E-state index in [9.17, 15) is 23.1 Å². The molecule has 158 valence electrons. The van der Waals surface area contributed by atoms with Gasteiger partial charge in [-0.25, -0.2) is 0 Å². The molecule has 0 spiro atoms. The molecule has 5 nitrogen and oxygen atoms in total. The molecule has 1 aliphatic heterocycles. The number of nitrogens with one attached hydrogen (secondary N) is 1. The molecule has 2 aromatic rings. The second kappa shape index (κ2) is 8.38. The minimum absolute atomic E-state index is 0.0245. The molecule has 0 fully saturated rings. The largest absolute Gasteiger partial charge is 0.417 e. The van der Waals surface area contributed by atoms with Gasteiger partial charge < -0.3 is 10.4 Å². The average Bonchev–Trinajstić information content (AvgIpc) is 2.67. The summed E-state index contributed by atoms with van der Waals surface area (Å²) in [5, 5.41) is 21.9. The molecule has 2 aromatic carbocycles. The SMILES string of the molecule is C[C@](O)(CN1CCc2cc(Br)ccc2C1)C(=O)Nc1ccc(C#N)c(C(F)(F)F)c1.